The molecule has 0 saturated heterocycles. The van der Waals surface area contributed by atoms with Gasteiger partial charge in [0.05, 0.1) is 19.7 Å². The number of hydrogen-bond donors (Lipinski definition) is 0. The second kappa shape index (κ2) is 8.84. The van der Waals surface area contributed by atoms with Crippen molar-refractivity contribution in [1.82, 2.24) is 4.57 Å². The summed E-state index contributed by atoms with van der Waals surface area (Å²) in [4.78, 5) is 23.9. The minimum absolute atomic E-state index is 0. The second-order valence-electron chi connectivity index (χ2n) is 5.26. The third-order valence-electron chi connectivity index (χ3n) is 3.34. The van der Waals surface area contributed by atoms with Crippen molar-refractivity contribution in [2.45, 2.75) is 18.8 Å². The molecule has 1 heterocycles. The molecule has 0 fully saturated rings. The van der Waals surface area contributed by atoms with Crippen LogP contribution in [0.1, 0.15) is 17.2 Å². The molecule has 0 aliphatic carbocycles. The van der Waals surface area contributed by atoms with Crippen LogP contribution in [0.5, 0.6) is 0 Å². The number of hydrogen-bond acceptors (Lipinski definition) is 4. The van der Waals surface area contributed by atoms with Gasteiger partial charge in [-0.2, -0.15) is 13.2 Å². The number of alkyl halides is 3. The molecule has 1 atom stereocenters. The van der Waals surface area contributed by atoms with E-state index in [0.29, 0.717) is 0 Å². The Morgan fingerprint density at radius 2 is 1.85 bits per heavy atom. The number of imidazole rings is 1. The van der Waals surface area contributed by atoms with Crippen molar-refractivity contribution in [2.24, 2.45) is 7.05 Å². The highest BCUT2D eigenvalue weighted by atomic mass is 79.9. The van der Waals surface area contributed by atoms with Gasteiger partial charge in [0.2, 0.25) is 12.4 Å². The maximum absolute atomic E-state index is 12.6. The molecule has 0 aliphatic heterocycles. The summed E-state index contributed by atoms with van der Waals surface area (Å²) in [5, 5.41) is 0. The monoisotopic (exact) mass is 436 g/mol. The van der Waals surface area contributed by atoms with Crippen LogP contribution in [0, 0.1) is 0 Å². The molecule has 2 aromatic rings. The van der Waals surface area contributed by atoms with Gasteiger partial charge in [-0.3, -0.25) is 0 Å². The van der Waals surface area contributed by atoms with Crippen LogP contribution in [0.2, 0.25) is 0 Å². The van der Waals surface area contributed by atoms with Crippen molar-refractivity contribution < 1.29 is 53.8 Å². The molecule has 1 unspecified atom stereocenters. The lowest BCUT2D eigenvalue weighted by Gasteiger charge is -2.16. The van der Waals surface area contributed by atoms with Crippen LogP contribution in [-0.2, 0) is 38.8 Å². The van der Waals surface area contributed by atoms with Crippen molar-refractivity contribution in [1.29, 1.82) is 0 Å². The van der Waals surface area contributed by atoms with Crippen molar-refractivity contribution in [3.63, 3.8) is 0 Å². The minimum Gasteiger partial charge on any atom is -1.00 e. The maximum atomic E-state index is 12.6. The molecule has 0 spiro atoms. The number of rotatable bonds is 5. The summed E-state index contributed by atoms with van der Waals surface area (Å²) in [5.74, 6) is -1.61. The molecule has 0 saturated carbocycles. The van der Waals surface area contributed by atoms with Gasteiger partial charge in [-0.05, 0) is 12.1 Å². The number of methoxy groups -OCH3 is 1. The number of ether oxygens (including phenoxy) is 2. The summed E-state index contributed by atoms with van der Waals surface area (Å²) in [7, 11) is 2.86. The number of benzene rings is 1. The number of carbonyl (C=O) groups excluding carboxylic acids is 2. The van der Waals surface area contributed by atoms with E-state index in [1.807, 2.05) is 0 Å². The Bertz CT molecular complexity index is 760. The van der Waals surface area contributed by atoms with E-state index >= 15 is 0 Å². The van der Waals surface area contributed by atoms with Gasteiger partial charge in [0.15, 0.2) is 6.54 Å². The largest absolute Gasteiger partial charge is 1.00 e. The average Bonchev–Trinajstić information content (AvgIpc) is 2.96. The standard InChI is InChI=1S/C16H16F3N2O4.BrH/c1-20-7-8-21(10-20)9-13(22)25-14(15(23)24-2)11-3-5-12(6-4-11)16(17,18)19;/h3-8,10,14H,9H2,1-2H3;1H/q+1;/p-1. The fourth-order valence-corrected chi connectivity index (χ4v) is 2.12. The number of aromatic nitrogens is 2. The first-order chi connectivity index (χ1) is 11.7. The predicted molar refractivity (Wildman–Crippen MR) is 77.9 cm³/mol. The molecule has 0 bridgehead atoms. The molecule has 0 amide bonds. The highest BCUT2D eigenvalue weighted by molar-refractivity contribution is 5.80. The average molecular weight is 437 g/mol. The number of nitrogens with zero attached hydrogens (tertiary/aromatic N) is 2. The van der Waals surface area contributed by atoms with E-state index < -0.39 is 29.8 Å². The fourth-order valence-electron chi connectivity index (χ4n) is 2.12. The normalized spacial score (nSPS) is 12.0. The van der Waals surface area contributed by atoms with Gasteiger partial charge in [-0.25, -0.2) is 18.7 Å². The summed E-state index contributed by atoms with van der Waals surface area (Å²) in [6, 6.07) is 3.77. The minimum atomic E-state index is -4.50. The van der Waals surface area contributed by atoms with Crippen molar-refractivity contribution >= 4 is 11.9 Å². The lowest BCUT2D eigenvalue weighted by molar-refractivity contribution is -0.671. The van der Waals surface area contributed by atoms with Gasteiger partial charge in [0, 0.05) is 5.56 Å². The quantitative estimate of drug-likeness (QED) is 0.436. The summed E-state index contributed by atoms with van der Waals surface area (Å²) in [5.41, 5.74) is -0.780. The van der Waals surface area contributed by atoms with Gasteiger partial charge >= 0.3 is 18.1 Å². The highest BCUT2D eigenvalue weighted by Gasteiger charge is 2.32. The van der Waals surface area contributed by atoms with Crippen molar-refractivity contribution in [3.8, 4) is 0 Å². The maximum Gasteiger partial charge on any atom is 0.416 e. The van der Waals surface area contributed by atoms with Gasteiger partial charge in [-0.1, -0.05) is 12.1 Å². The summed E-state index contributed by atoms with van der Waals surface area (Å²) in [6.45, 7) is -0.158. The number of aryl methyl sites for hydroxylation is 1. The fraction of sp³-hybridized carbons (Fsp3) is 0.312. The molecule has 1 aromatic heterocycles. The smallest absolute Gasteiger partial charge is 0.416 e. The molecule has 0 radical (unpaired) electrons. The molecular weight excluding hydrogens is 421 g/mol. The van der Waals surface area contributed by atoms with E-state index in [-0.39, 0.29) is 29.1 Å². The van der Waals surface area contributed by atoms with Gasteiger partial charge in [0.1, 0.15) is 12.4 Å². The Morgan fingerprint density at radius 3 is 2.31 bits per heavy atom. The van der Waals surface area contributed by atoms with Crippen LogP contribution in [0.25, 0.3) is 0 Å². The van der Waals surface area contributed by atoms with Crippen LogP contribution in [0.3, 0.4) is 0 Å². The van der Waals surface area contributed by atoms with Crippen LogP contribution >= 0.6 is 0 Å². The van der Waals surface area contributed by atoms with Gasteiger partial charge in [-0.15, -0.1) is 0 Å². The molecular formula is C16H16BrF3N2O4. The number of halogens is 4. The first-order valence-electron chi connectivity index (χ1n) is 7.16. The Hall–Kier alpha value is -2.36. The predicted octanol–water partition coefficient (Wildman–Crippen LogP) is -1.21. The molecule has 0 N–H and O–H groups in total. The number of esters is 2. The molecule has 10 heteroatoms. The van der Waals surface area contributed by atoms with Crippen molar-refractivity contribution in [3.05, 3.63) is 54.1 Å². The zero-order valence-corrected chi connectivity index (χ0v) is 15.5. The van der Waals surface area contributed by atoms with Crippen LogP contribution in [0.4, 0.5) is 13.2 Å². The summed E-state index contributed by atoms with van der Waals surface area (Å²) < 4.78 is 50.8. The second-order valence-corrected chi connectivity index (χ2v) is 5.26. The van der Waals surface area contributed by atoms with E-state index in [1.165, 1.54) is 4.57 Å². The van der Waals surface area contributed by atoms with E-state index in [1.54, 1.807) is 30.3 Å². The first kappa shape index (κ1) is 21.7. The topological polar surface area (TPSA) is 61.4 Å². The van der Waals surface area contributed by atoms with E-state index in [2.05, 4.69) is 4.74 Å². The molecule has 26 heavy (non-hydrogen) atoms. The van der Waals surface area contributed by atoms with E-state index in [4.69, 9.17) is 4.74 Å². The zero-order valence-electron chi connectivity index (χ0n) is 13.9. The Morgan fingerprint density at radius 1 is 1.23 bits per heavy atom. The summed E-state index contributed by atoms with van der Waals surface area (Å²) >= 11 is 0. The lowest BCUT2D eigenvalue weighted by Crippen LogP contribution is -3.00. The third-order valence-corrected chi connectivity index (χ3v) is 3.34. The Labute approximate surface area is 157 Å². The Kier molecular flexibility index (Phi) is 7.37. The third kappa shape index (κ3) is 5.58. The number of carbonyl (C=O) groups is 2. The zero-order chi connectivity index (χ0) is 18.6. The molecule has 0 aliphatic rings. The lowest BCUT2D eigenvalue weighted by atomic mass is 10.1. The van der Waals surface area contributed by atoms with Crippen LogP contribution in [-0.4, -0.2) is 23.6 Å². The first-order valence-corrected chi connectivity index (χ1v) is 7.16. The Balaban J connectivity index is 0.00000338. The van der Waals surface area contributed by atoms with E-state index in [9.17, 15) is 22.8 Å². The summed E-state index contributed by atoms with van der Waals surface area (Å²) in [6.07, 6.45) is -0.969. The molecule has 2 rings (SSSR count). The SMILES string of the molecule is COC(=O)C(OC(=O)Cn1cc[n+](C)c1)c1ccc(C(F)(F)F)cc1.[Br-]. The van der Waals surface area contributed by atoms with Gasteiger partial charge in [0.25, 0.3) is 0 Å². The highest BCUT2D eigenvalue weighted by Crippen LogP contribution is 2.30. The molecule has 142 valence electrons. The molecule has 1 aromatic carbocycles. The van der Waals surface area contributed by atoms with Gasteiger partial charge < -0.3 is 26.5 Å². The van der Waals surface area contributed by atoms with Crippen LogP contribution < -0.4 is 21.5 Å². The molecule has 6 nitrogen and oxygen atoms in total. The van der Waals surface area contributed by atoms with E-state index in [0.717, 1.165) is 31.4 Å². The van der Waals surface area contributed by atoms with Crippen molar-refractivity contribution in [2.75, 3.05) is 7.11 Å². The van der Waals surface area contributed by atoms with Crippen LogP contribution in [0.15, 0.2) is 43.0 Å².